The molecule has 0 saturated heterocycles. The van der Waals surface area contributed by atoms with Crippen LogP contribution in [-0.4, -0.2) is 13.3 Å². The highest BCUT2D eigenvalue weighted by Gasteiger charge is 2.28. The third-order valence-electron chi connectivity index (χ3n) is 5.65. The summed E-state index contributed by atoms with van der Waals surface area (Å²) in [7, 11) is 0. The summed E-state index contributed by atoms with van der Waals surface area (Å²) >= 11 is 0. The van der Waals surface area contributed by atoms with Gasteiger partial charge in [-0.25, -0.2) is 4.39 Å². The standard InChI is InChI=1S/C26H24F4O2/c1-2-31-21-15-20-14-19-12-11-18(22(28)25(19)32-26(20)24(30)23(21)29)10-9-17-7-5-16(6-8-17)4-3-13-27/h5-8,11-12,15H,2-4,9-10,13-14H2,1H3. The normalized spacial score (nSPS) is 12.2. The second-order valence-corrected chi connectivity index (χ2v) is 7.84. The van der Waals surface area contributed by atoms with E-state index in [1.54, 1.807) is 19.1 Å². The summed E-state index contributed by atoms with van der Waals surface area (Å²) in [5, 5.41) is 0. The largest absolute Gasteiger partial charge is 0.491 e. The third kappa shape index (κ3) is 4.45. The van der Waals surface area contributed by atoms with E-state index in [2.05, 4.69) is 0 Å². The van der Waals surface area contributed by atoms with Crippen molar-refractivity contribution in [3.63, 3.8) is 0 Å². The van der Waals surface area contributed by atoms with Crippen LogP contribution in [0.1, 0.15) is 41.2 Å². The fourth-order valence-corrected chi connectivity index (χ4v) is 3.95. The smallest absolute Gasteiger partial charge is 0.205 e. The van der Waals surface area contributed by atoms with Gasteiger partial charge in [-0.3, -0.25) is 4.39 Å². The molecule has 0 N–H and O–H groups in total. The van der Waals surface area contributed by atoms with Crippen molar-refractivity contribution >= 4 is 0 Å². The predicted molar refractivity (Wildman–Crippen MR) is 115 cm³/mol. The number of ether oxygens (including phenoxy) is 2. The zero-order valence-electron chi connectivity index (χ0n) is 17.8. The minimum absolute atomic E-state index is 0.0565. The Balaban J connectivity index is 1.52. The Labute approximate surface area is 184 Å². The van der Waals surface area contributed by atoms with Crippen LogP contribution in [0.5, 0.6) is 17.2 Å². The zero-order valence-corrected chi connectivity index (χ0v) is 17.8. The summed E-state index contributed by atoms with van der Waals surface area (Å²) in [4.78, 5) is 0. The van der Waals surface area contributed by atoms with Crippen LogP contribution in [0.2, 0.25) is 0 Å². The van der Waals surface area contributed by atoms with Crippen LogP contribution < -0.4 is 9.47 Å². The molecule has 0 bridgehead atoms. The first-order valence-electron chi connectivity index (χ1n) is 10.8. The van der Waals surface area contributed by atoms with Crippen LogP contribution in [0.4, 0.5) is 17.6 Å². The van der Waals surface area contributed by atoms with Crippen molar-refractivity contribution in [1.82, 2.24) is 0 Å². The fourth-order valence-electron chi connectivity index (χ4n) is 3.95. The number of aryl methyl sites for hydroxylation is 3. The summed E-state index contributed by atoms with van der Waals surface area (Å²) in [5.74, 6) is -3.39. The van der Waals surface area contributed by atoms with Gasteiger partial charge in [0, 0.05) is 17.5 Å². The first kappa shape index (κ1) is 22.2. The van der Waals surface area contributed by atoms with Gasteiger partial charge in [-0.2, -0.15) is 8.78 Å². The average molecular weight is 444 g/mol. The SMILES string of the molecule is CCOc1cc2c(c(F)c1F)Oc1c(ccc(CCc3ccc(CCCF)cc3)c1F)C2. The summed E-state index contributed by atoms with van der Waals surface area (Å²) in [6.45, 7) is 1.54. The van der Waals surface area contributed by atoms with E-state index in [1.165, 1.54) is 6.07 Å². The highest BCUT2D eigenvalue weighted by Crippen LogP contribution is 2.43. The average Bonchev–Trinajstić information content (AvgIpc) is 2.81. The van der Waals surface area contributed by atoms with Crippen molar-refractivity contribution in [3.05, 3.63) is 87.7 Å². The van der Waals surface area contributed by atoms with Crippen molar-refractivity contribution in [2.75, 3.05) is 13.3 Å². The molecule has 0 fully saturated rings. The zero-order chi connectivity index (χ0) is 22.7. The summed E-state index contributed by atoms with van der Waals surface area (Å²) in [5.41, 5.74) is 3.54. The second kappa shape index (κ2) is 9.63. The quantitative estimate of drug-likeness (QED) is 0.276. The highest BCUT2D eigenvalue weighted by molar-refractivity contribution is 5.54. The van der Waals surface area contributed by atoms with Gasteiger partial charge in [-0.15, -0.1) is 0 Å². The number of hydrogen-bond acceptors (Lipinski definition) is 2. The molecular formula is C26H24F4O2. The highest BCUT2D eigenvalue weighted by atomic mass is 19.2. The Morgan fingerprint density at radius 3 is 2.19 bits per heavy atom. The van der Waals surface area contributed by atoms with Crippen molar-refractivity contribution in [2.45, 2.75) is 39.0 Å². The molecule has 168 valence electrons. The van der Waals surface area contributed by atoms with Gasteiger partial charge in [-0.1, -0.05) is 36.4 Å². The molecule has 1 aliphatic rings. The van der Waals surface area contributed by atoms with Crippen LogP contribution in [0.15, 0.2) is 42.5 Å². The minimum atomic E-state index is -1.17. The lowest BCUT2D eigenvalue weighted by Gasteiger charge is -2.23. The lowest BCUT2D eigenvalue weighted by molar-refractivity contribution is 0.306. The molecule has 3 aromatic rings. The third-order valence-corrected chi connectivity index (χ3v) is 5.65. The van der Waals surface area contributed by atoms with Gasteiger partial charge in [0.1, 0.15) is 0 Å². The van der Waals surface area contributed by atoms with Crippen molar-refractivity contribution < 1.29 is 27.0 Å². The van der Waals surface area contributed by atoms with Crippen LogP contribution in [0.25, 0.3) is 0 Å². The monoisotopic (exact) mass is 444 g/mol. The molecule has 0 spiro atoms. The second-order valence-electron chi connectivity index (χ2n) is 7.84. The topological polar surface area (TPSA) is 18.5 Å². The fraction of sp³-hybridized carbons (Fsp3) is 0.308. The van der Waals surface area contributed by atoms with Crippen LogP contribution in [0, 0.1) is 17.5 Å². The molecule has 4 rings (SSSR count). The van der Waals surface area contributed by atoms with Gasteiger partial charge < -0.3 is 9.47 Å². The van der Waals surface area contributed by atoms with E-state index >= 15 is 4.39 Å². The van der Waals surface area contributed by atoms with Crippen molar-refractivity contribution in [2.24, 2.45) is 0 Å². The lowest BCUT2D eigenvalue weighted by Crippen LogP contribution is -2.11. The van der Waals surface area contributed by atoms with E-state index in [-0.39, 0.29) is 37.0 Å². The molecule has 0 radical (unpaired) electrons. The number of benzene rings is 3. The van der Waals surface area contributed by atoms with Gasteiger partial charge in [0.15, 0.2) is 23.1 Å². The Kier molecular flexibility index (Phi) is 6.68. The number of halogens is 4. The molecule has 0 saturated carbocycles. The van der Waals surface area contributed by atoms with Gasteiger partial charge in [0.2, 0.25) is 11.6 Å². The molecule has 2 nitrogen and oxygen atoms in total. The van der Waals surface area contributed by atoms with Gasteiger partial charge in [0.25, 0.3) is 0 Å². The van der Waals surface area contributed by atoms with Gasteiger partial charge >= 0.3 is 0 Å². The summed E-state index contributed by atoms with van der Waals surface area (Å²) in [6.07, 6.45) is 2.45. The molecule has 6 heteroatoms. The van der Waals surface area contributed by atoms with Gasteiger partial charge in [0.05, 0.1) is 13.3 Å². The lowest BCUT2D eigenvalue weighted by atomic mass is 9.95. The molecule has 0 amide bonds. The molecular weight excluding hydrogens is 420 g/mol. The molecule has 0 aliphatic carbocycles. The molecule has 1 aliphatic heterocycles. The van der Waals surface area contributed by atoms with Crippen molar-refractivity contribution in [1.29, 1.82) is 0 Å². The first-order valence-corrected chi connectivity index (χ1v) is 10.8. The Morgan fingerprint density at radius 1 is 0.812 bits per heavy atom. The molecule has 3 aromatic carbocycles. The Bertz CT molecular complexity index is 1110. The van der Waals surface area contributed by atoms with Crippen LogP contribution in [0.3, 0.4) is 0 Å². The van der Waals surface area contributed by atoms with E-state index in [9.17, 15) is 13.2 Å². The molecule has 0 aromatic heterocycles. The Hall–Kier alpha value is -3.02. The maximum Gasteiger partial charge on any atom is 0.205 e. The summed E-state index contributed by atoms with van der Waals surface area (Å²) < 4.78 is 67.0. The van der Waals surface area contributed by atoms with Crippen LogP contribution >= 0.6 is 0 Å². The van der Waals surface area contributed by atoms with Crippen LogP contribution in [-0.2, 0) is 25.7 Å². The maximum absolute atomic E-state index is 15.2. The minimum Gasteiger partial charge on any atom is -0.491 e. The molecule has 32 heavy (non-hydrogen) atoms. The van der Waals surface area contributed by atoms with Crippen molar-refractivity contribution in [3.8, 4) is 17.2 Å². The molecule has 0 unspecified atom stereocenters. The first-order chi connectivity index (χ1) is 15.5. The number of fused-ring (bicyclic) bond motifs is 2. The van der Waals surface area contributed by atoms with E-state index in [1.807, 2.05) is 24.3 Å². The van der Waals surface area contributed by atoms with E-state index in [0.717, 1.165) is 11.1 Å². The number of hydrogen-bond donors (Lipinski definition) is 0. The number of alkyl halides is 1. The predicted octanol–water partition coefficient (Wildman–Crippen LogP) is 6.89. The molecule has 1 heterocycles. The summed E-state index contributed by atoms with van der Waals surface area (Å²) in [6, 6.07) is 12.7. The Morgan fingerprint density at radius 2 is 1.50 bits per heavy atom. The number of rotatable bonds is 8. The molecule has 0 atom stereocenters. The van der Waals surface area contributed by atoms with E-state index < -0.39 is 17.5 Å². The maximum atomic E-state index is 15.2. The van der Waals surface area contributed by atoms with E-state index in [4.69, 9.17) is 9.47 Å². The van der Waals surface area contributed by atoms with Gasteiger partial charge in [-0.05, 0) is 55.4 Å². The van der Waals surface area contributed by atoms with E-state index in [0.29, 0.717) is 42.4 Å².